The van der Waals surface area contributed by atoms with Crippen LogP contribution in [0.15, 0.2) is 0 Å². The lowest BCUT2D eigenvalue weighted by molar-refractivity contribution is 0.0985. The van der Waals surface area contributed by atoms with Crippen LogP contribution in [-0.4, -0.2) is 39.5 Å². The highest BCUT2D eigenvalue weighted by molar-refractivity contribution is 5.66. The highest BCUT2D eigenvalue weighted by Gasteiger charge is 1.99. The molecule has 0 aromatic heterocycles. The Balaban J connectivity index is 3.10. The number of hydrogen-bond acceptors (Lipinski definition) is 4. The van der Waals surface area contributed by atoms with E-state index in [4.69, 9.17) is 15.2 Å². The van der Waals surface area contributed by atoms with E-state index >= 15 is 0 Å². The third-order valence-corrected chi connectivity index (χ3v) is 1.92. The first-order valence-corrected chi connectivity index (χ1v) is 5.41. The minimum Gasteiger partial charge on any atom is -0.447 e. The van der Waals surface area contributed by atoms with Crippen molar-refractivity contribution < 1.29 is 14.3 Å². The van der Waals surface area contributed by atoms with Gasteiger partial charge in [-0.25, -0.2) is 4.79 Å². The average molecular weight is 218 g/mol. The topological polar surface area (TPSA) is 73.6 Å². The van der Waals surface area contributed by atoms with Gasteiger partial charge in [0.2, 0.25) is 0 Å². The molecule has 0 saturated carbocycles. The second-order valence-electron chi connectivity index (χ2n) is 3.26. The first kappa shape index (κ1) is 14.2. The zero-order valence-electron chi connectivity index (χ0n) is 9.46. The van der Waals surface area contributed by atoms with Crippen LogP contribution in [0.5, 0.6) is 0 Å². The van der Waals surface area contributed by atoms with Crippen molar-refractivity contribution in [1.29, 1.82) is 0 Å². The second kappa shape index (κ2) is 11.3. The molecule has 0 aliphatic carbocycles. The van der Waals surface area contributed by atoms with Gasteiger partial charge in [-0.05, 0) is 19.4 Å². The highest BCUT2D eigenvalue weighted by Crippen LogP contribution is 1.96. The fraction of sp³-hybridized carbons (Fsp3) is 0.900. The van der Waals surface area contributed by atoms with Crippen LogP contribution in [0.1, 0.15) is 25.7 Å². The summed E-state index contributed by atoms with van der Waals surface area (Å²) in [7, 11) is 1.57. The van der Waals surface area contributed by atoms with Gasteiger partial charge in [0.15, 0.2) is 0 Å². The van der Waals surface area contributed by atoms with Gasteiger partial charge in [-0.3, -0.25) is 0 Å². The van der Waals surface area contributed by atoms with Crippen LogP contribution in [-0.2, 0) is 9.47 Å². The Labute approximate surface area is 91.3 Å². The number of carbonyl (C=O) groups is 1. The maximum absolute atomic E-state index is 11.0. The van der Waals surface area contributed by atoms with Crippen LogP contribution < -0.4 is 11.1 Å². The number of rotatable bonds is 9. The Bertz CT molecular complexity index is 154. The number of nitrogens with two attached hydrogens (primary N) is 1. The molecule has 0 bridgehead atoms. The SMILES string of the molecule is COCCOC(=O)NCCCCCCN. The summed E-state index contributed by atoms with van der Waals surface area (Å²) in [5.41, 5.74) is 5.36. The normalized spacial score (nSPS) is 10.0. The van der Waals surface area contributed by atoms with Gasteiger partial charge in [-0.2, -0.15) is 0 Å². The van der Waals surface area contributed by atoms with Crippen molar-refractivity contribution in [2.45, 2.75) is 25.7 Å². The van der Waals surface area contributed by atoms with E-state index in [0.717, 1.165) is 32.2 Å². The van der Waals surface area contributed by atoms with Gasteiger partial charge >= 0.3 is 6.09 Å². The Morgan fingerprint density at radius 3 is 2.60 bits per heavy atom. The van der Waals surface area contributed by atoms with E-state index in [1.54, 1.807) is 7.11 Å². The molecule has 0 rings (SSSR count). The summed E-state index contributed by atoms with van der Waals surface area (Å²) in [6, 6.07) is 0. The zero-order valence-corrected chi connectivity index (χ0v) is 9.46. The van der Waals surface area contributed by atoms with E-state index in [2.05, 4.69) is 5.32 Å². The standard InChI is InChI=1S/C10H22N2O3/c1-14-8-9-15-10(13)12-7-5-3-2-4-6-11/h2-9,11H2,1H3,(H,12,13). The Hall–Kier alpha value is -0.810. The van der Waals surface area contributed by atoms with Crippen LogP contribution in [0.25, 0.3) is 0 Å². The molecule has 90 valence electrons. The summed E-state index contributed by atoms with van der Waals surface area (Å²) in [5.74, 6) is 0. The number of ether oxygens (including phenoxy) is 2. The first-order valence-electron chi connectivity index (χ1n) is 5.41. The molecule has 0 aliphatic rings. The summed E-state index contributed by atoms with van der Waals surface area (Å²) in [6.45, 7) is 2.14. The highest BCUT2D eigenvalue weighted by atomic mass is 16.6. The van der Waals surface area contributed by atoms with E-state index in [0.29, 0.717) is 19.8 Å². The molecular weight excluding hydrogens is 196 g/mol. The Kier molecular flexibility index (Phi) is 10.7. The number of nitrogens with one attached hydrogen (secondary N) is 1. The molecule has 5 nitrogen and oxygen atoms in total. The summed E-state index contributed by atoms with van der Waals surface area (Å²) in [4.78, 5) is 11.0. The van der Waals surface area contributed by atoms with Crippen LogP contribution >= 0.6 is 0 Å². The van der Waals surface area contributed by atoms with Crippen molar-refractivity contribution in [2.24, 2.45) is 5.73 Å². The van der Waals surface area contributed by atoms with Gasteiger partial charge in [-0.15, -0.1) is 0 Å². The van der Waals surface area contributed by atoms with Crippen LogP contribution in [0.3, 0.4) is 0 Å². The Morgan fingerprint density at radius 1 is 1.20 bits per heavy atom. The fourth-order valence-corrected chi connectivity index (χ4v) is 1.08. The van der Waals surface area contributed by atoms with Gasteiger partial charge in [-0.1, -0.05) is 12.8 Å². The van der Waals surface area contributed by atoms with Gasteiger partial charge in [0, 0.05) is 13.7 Å². The summed E-state index contributed by atoms with van der Waals surface area (Å²) in [6.07, 6.45) is 3.87. The molecule has 15 heavy (non-hydrogen) atoms. The smallest absolute Gasteiger partial charge is 0.407 e. The molecule has 0 fully saturated rings. The molecular formula is C10H22N2O3. The minimum absolute atomic E-state index is 0.301. The molecule has 3 N–H and O–H groups in total. The van der Waals surface area contributed by atoms with Crippen LogP contribution in [0, 0.1) is 0 Å². The molecule has 0 aromatic carbocycles. The minimum atomic E-state index is -0.370. The molecule has 0 atom stereocenters. The Morgan fingerprint density at radius 2 is 1.93 bits per heavy atom. The lowest BCUT2D eigenvalue weighted by atomic mass is 10.2. The number of alkyl carbamates (subject to hydrolysis) is 1. The van der Waals surface area contributed by atoms with Crippen molar-refractivity contribution in [3.05, 3.63) is 0 Å². The maximum Gasteiger partial charge on any atom is 0.407 e. The quantitative estimate of drug-likeness (QED) is 0.563. The zero-order chi connectivity index (χ0) is 11.4. The lowest BCUT2D eigenvalue weighted by Crippen LogP contribution is -2.26. The lowest BCUT2D eigenvalue weighted by Gasteiger charge is -2.06. The van der Waals surface area contributed by atoms with Crippen LogP contribution in [0.4, 0.5) is 4.79 Å². The summed E-state index contributed by atoms with van der Waals surface area (Å²) in [5, 5.41) is 2.67. The number of amides is 1. The molecule has 0 spiro atoms. The van der Waals surface area contributed by atoms with Crippen LogP contribution in [0.2, 0.25) is 0 Å². The number of carbonyl (C=O) groups excluding carboxylic acids is 1. The fourth-order valence-electron chi connectivity index (χ4n) is 1.08. The maximum atomic E-state index is 11.0. The molecule has 0 aromatic rings. The van der Waals surface area contributed by atoms with Gasteiger partial charge in [0.25, 0.3) is 0 Å². The largest absolute Gasteiger partial charge is 0.447 e. The molecule has 5 heteroatoms. The third kappa shape index (κ3) is 11.1. The van der Waals surface area contributed by atoms with Gasteiger partial charge in [0.1, 0.15) is 6.61 Å². The van der Waals surface area contributed by atoms with E-state index < -0.39 is 0 Å². The molecule has 0 heterocycles. The van der Waals surface area contributed by atoms with Gasteiger partial charge in [0.05, 0.1) is 6.61 Å². The predicted molar refractivity (Wildman–Crippen MR) is 58.7 cm³/mol. The summed E-state index contributed by atoms with van der Waals surface area (Å²) >= 11 is 0. The molecule has 0 aliphatic heterocycles. The first-order chi connectivity index (χ1) is 7.31. The van der Waals surface area contributed by atoms with E-state index in [-0.39, 0.29) is 6.09 Å². The van der Waals surface area contributed by atoms with E-state index in [9.17, 15) is 4.79 Å². The molecule has 0 unspecified atom stereocenters. The molecule has 0 saturated heterocycles. The molecule has 0 radical (unpaired) electrons. The number of hydrogen-bond donors (Lipinski definition) is 2. The number of methoxy groups -OCH3 is 1. The van der Waals surface area contributed by atoms with Gasteiger partial charge < -0.3 is 20.5 Å². The average Bonchev–Trinajstić information content (AvgIpc) is 2.23. The monoisotopic (exact) mass is 218 g/mol. The van der Waals surface area contributed by atoms with E-state index in [1.807, 2.05) is 0 Å². The van der Waals surface area contributed by atoms with Crippen molar-refractivity contribution in [1.82, 2.24) is 5.32 Å². The summed E-state index contributed by atoms with van der Waals surface area (Å²) < 4.78 is 9.56. The third-order valence-electron chi connectivity index (χ3n) is 1.92. The number of unbranched alkanes of at least 4 members (excludes halogenated alkanes) is 3. The van der Waals surface area contributed by atoms with Crippen molar-refractivity contribution in [3.63, 3.8) is 0 Å². The van der Waals surface area contributed by atoms with E-state index in [1.165, 1.54) is 0 Å². The molecule has 1 amide bonds. The van der Waals surface area contributed by atoms with Crippen molar-refractivity contribution in [3.8, 4) is 0 Å². The second-order valence-corrected chi connectivity index (χ2v) is 3.26. The van der Waals surface area contributed by atoms with Crippen molar-refractivity contribution in [2.75, 3.05) is 33.4 Å². The van der Waals surface area contributed by atoms with Crippen molar-refractivity contribution >= 4 is 6.09 Å². The predicted octanol–water partition coefficient (Wildman–Crippen LogP) is 0.878.